The average Bonchev–Trinajstić information content (AvgIpc) is 2.17. The van der Waals surface area contributed by atoms with Gasteiger partial charge in [-0.15, -0.1) is 0 Å². The molecule has 0 unspecified atom stereocenters. The van der Waals surface area contributed by atoms with Crippen LogP contribution in [0.15, 0.2) is 23.1 Å². The monoisotopic (exact) mass is 222 g/mol. The van der Waals surface area contributed by atoms with Gasteiger partial charge in [0.15, 0.2) is 0 Å². The lowest BCUT2D eigenvalue weighted by atomic mass is 10.1. The van der Waals surface area contributed by atoms with E-state index in [-0.39, 0.29) is 11.1 Å². The minimum Gasteiger partial charge on any atom is -0.315 e. The first-order chi connectivity index (χ1) is 7.40. The summed E-state index contributed by atoms with van der Waals surface area (Å²) in [6.45, 7) is 10.0. The Balaban J connectivity index is 2.44. The molecule has 16 heavy (non-hydrogen) atoms. The van der Waals surface area contributed by atoms with Gasteiger partial charge in [-0.05, 0) is 46.7 Å². The Morgan fingerprint density at radius 1 is 1.38 bits per heavy atom. The summed E-state index contributed by atoms with van der Waals surface area (Å²) in [5.41, 5.74) is 1.09. The second-order valence-corrected chi connectivity index (χ2v) is 5.22. The maximum absolute atomic E-state index is 11.7. The van der Waals surface area contributed by atoms with E-state index in [1.54, 1.807) is 4.57 Å². The highest BCUT2D eigenvalue weighted by molar-refractivity contribution is 5.07. The van der Waals surface area contributed by atoms with Crippen LogP contribution in [-0.2, 0) is 6.54 Å². The first-order valence-corrected chi connectivity index (χ1v) is 5.81. The van der Waals surface area contributed by atoms with Crippen molar-refractivity contribution >= 4 is 0 Å². The molecule has 3 heteroatoms. The van der Waals surface area contributed by atoms with Crippen molar-refractivity contribution in [1.82, 2.24) is 9.88 Å². The molecule has 1 rings (SSSR count). The van der Waals surface area contributed by atoms with Crippen molar-refractivity contribution in [3.8, 4) is 0 Å². The summed E-state index contributed by atoms with van der Waals surface area (Å²) in [5.74, 6) is 0. The Morgan fingerprint density at radius 3 is 2.69 bits per heavy atom. The van der Waals surface area contributed by atoms with Crippen LogP contribution in [0.2, 0.25) is 0 Å². The molecule has 0 saturated carbocycles. The van der Waals surface area contributed by atoms with Crippen molar-refractivity contribution in [3.05, 3.63) is 34.2 Å². The van der Waals surface area contributed by atoms with Crippen molar-refractivity contribution < 1.29 is 0 Å². The fraction of sp³-hybridized carbons (Fsp3) is 0.615. The van der Waals surface area contributed by atoms with Gasteiger partial charge >= 0.3 is 0 Å². The van der Waals surface area contributed by atoms with Crippen LogP contribution in [0.4, 0.5) is 0 Å². The van der Waals surface area contributed by atoms with E-state index in [0.717, 1.165) is 25.1 Å². The van der Waals surface area contributed by atoms with Crippen LogP contribution >= 0.6 is 0 Å². The quantitative estimate of drug-likeness (QED) is 0.790. The highest BCUT2D eigenvalue weighted by atomic mass is 16.1. The Hall–Kier alpha value is -1.09. The third kappa shape index (κ3) is 4.19. The number of aromatic nitrogens is 1. The molecule has 0 aromatic carbocycles. The molecule has 3 nitrogen and oxygen atoms in total. The Morgan fingerprint density at radius 2 is 2.06 bits per heavy atom. The van der Waals surface area contributed by atoms with Crippen molar-refractivity contribution in [2.75, 3.05) is 6.54 Å². The van der Waals surface area contributed by atoms with Crippen LogP contribution in [0.5, 0.6) is 0 Å². The smallest absolute Gasteiger partial charge is 0.253 e. The second-order valence-electron chi connectivity index (χ2n) is 5.22. The predicted octanol–water partition coefficient (Wildman–Crippen LogP) is 1.93. The predicted molar refractivity (Wildman–Crippen MR) is 67.8 cm³/mol. The van der Waals surface area contributed by atoms with E-state index in [2.05, 4.69) is 26.1 Å². The van der Waals surface area contributed by atoms with Crippen LogP contribution in [-0.4, -0.2) is 16.7 Å². The van der Waals surface area contributed by atoms with Crippen molar-refractivity contribution in [2.24, 2.45) is 0 Å². The lowest BCUT2D eigenvalue weighted by Crippen LogP contribution is -2.37. The highest BCUT2D eigenvalue weighted by Gasteiger charge is 2.07. The van der Waals surface area contributed by atoms with Gasteiger partial charge in [0.1, 0.15) is 0 Å². The minimum absolute atomic E-state index is 0.123. The molecule has 0 fully saturated rings. The van der Waals surface area contributed by atoms with Crippen LogP contribution in [0, 0.1) is 6.92 Å². The van der Waals surface area contributed by atoms with Crippen LogP contribution in [0.25, 0.3) is 0 Å². The van der Waals surface area contributed by atoms with Gasteiger partial charge in [-0.3, -0.25) is 4.79 Å². The maximum Gasteiger partial charge on any atom is 0.253 e. The summed E-state index contributed by atoms with van der Waals surface area (Å²) in [4.78, 5) is 11.7. The van der Waals surface area contributed by atoms with E-state index in [0.29, 0.717) is 0 Å². The molecule has 1 aromatic heterocycles. The Bertz CT molecular complexity index is 388. The number of hydrogen-bond donors (Lipinski definition) is 1. The first kappa shape index (κ1) is 13.0. The van der Waals surface area contributed by atoms with Crippen molar-refractivity contribution in [2.45, 2.75) is 46.2 Å². The molecule has 0 spiro atoms. The number of aryl methyl sites for hydroxylation is 2. The zero-order chi connectivity index (χ0) is 12.2. The molecule has 0 saturated heterocycles. The molecule has 0 aliphatic carbocycles. The molecule has 0 amide bonds. The Labute approximate surface area is 97.5 Å². The summed E-state index contributed by atoms with van der Waals surface area (Å²) in [6.07, 6.45) is 2.83. The van der Waals surface area contributed by atoms with E-state index >= 15 is 0 Å². The average molecular weight is 222 g/mol. The molecule has 0 aliphatic rings. The molecular weight excluding hydrogens is 200 g/mol. The molecule has 0 bridgehead atoms. The molecule has 0 aliphatic heterocycles. The van der Waals surface area contributed by atoms with Gasteiger partial charge in [0.2, 0.25) is 0 Å². The molecule has 1 heterocycles. The zero-order valence-corrected chi connectivity index (χ0v) is 10.7. The number of rotatable bonds is 4. The number of nitrogens with zero attached hydrogens (tertiary/aromatic N) is 1. The standard InChI is InChI=1S/C13H22N2O/c1-11-7-5-9-15(12(11)16)10-6-8-14-13(2,3)4/h5,7,9,14H,6,8,10H2,1-4H3. The molecular formula is C13H22N2O. The summed E-state index contributed by atoms with van der Waals surface area (Å²) >= 11 is 0. The van der Waals surface area contributed by atoms with Gasteiger partial charge in [-0.25, -0.2) is 0 Å². The third-order valence-corrected chi connectivity index (χ3v) is 2.44. The van der Waals surface area contributed by atoms with E-state index in [4.69, 9.17) is 0 Å². The van der Waals surface area contributed by atoms with Crippen LogP contribution in [0.3, 0.4) is 0 Å². The van der Waals surface area contributed by atoms with E-state index in [1.165, 1.54) is 0 Å². The molecule has 1 N–H and O–H groups in total. The van der Waals surface area contributed by atoms with E-state index in [9.17, 15) is 4.79 Å². The van der Waals surface area contributed by atoms with Gasteiger partial charge in [0, 0.05) is 23.8 Å². The van der Waals surface area contributed by atoms with Gasteiger partial charge < -0.3 is 9.88 Å². The largest absolute Gasteiger partial charge is 0.315 e. The highest BCUT2D eigenvalue weighted by Crippen LogP contribution is 1.98. The molecule has 1 aromatic rings. The summed E-state index contributed by atoms with van der Waals surface area (Å²) in [6, 6.07) is 3.78. The van der Waals surface area contributed by atoms with E-state index in [1.807, 2.05) is 25.3 Å². The van der Waals surface area contributed by atoms with Crippen LogP contribution in [0.1, 0.15) is 32.8 Å². The number of hydrogen-bond acceptors (Lipinski definition) is 2. The van der Waals surface area contributed by atoms with Crippen molar-refractivity contribution in [1.29, 1.82) is 0 Å². The van der Waals surface area contributed by atoms with Crippen LogP contribution < -0.4 is 10.9 Å². The molecule has 0 atom stereocenters. The fourth-order valence-corrected chi connectivity index (χ4v) is 1.55. The van der Waals surface area contributed by atoms with E-state index < -0.39 is 0 Å². The van der Waals surface area contributed by atoms with Gasteiger partial charge in [-0.1, -0.05) is 6.07 Å². The Kier molecular flexibility index (Phi) is 4.30. The second kappa shape index (κ2) is 5.30. The topological polar surface area (TPSA) is 34.0 Å². The third-order valence-electron chi connectivity index (χ3n) is 2.44. The van der Waals surface area contributed by atoms with Crippen molar-refractivity contribution in [3.63, 3.8) is 0 Å². The SMILES string of the molecule is Cc1cccn(CCCNC(C)(C)C)c1=O. The molecule has 90 valence electrons. The van der Waals surface area contributed by atoms with Gasteiger partial charge in [0.25, 0.3) is 5.56 Å². The first-order valence-electron chi connectivity index (χ1n) is 5.81. The normalized spacial score (nSPS) is 11.8. The molecule has 0 radical (unpaired) electrons. The summed E-state index contributed by atoms with van der Waals surface area (Å²) in [5, 5.41) is 3.41. The lowest BCUT2D eigenvalue weighted by molar-refractivity contribution is 0.412. The zero-order valence-electron chi connectivity index (χ0n) is 10.7. The van der Waals surface area contributed by atoms with Gasteiger partial charge in [-0.2, -0.15) is 0 Å². The lowest BCUT2D eigenvalue weighted by Gasteiger charge is -2.20. The number of pyridine rings is 1. The van der Waals surface area contributed by atoms with Gasteiger partial charge in [0.05, 0.1) is 0 Å². The maximum atomic E-state index is 11.7. The minimum atomic E-state index is 0.123. The summed E-state index contributed by atoms with van der Waals surface area (Å²) in [7, 11) is 0. The number of nitrogens with one attached hydrogen (secondary N) is 1. The fourth-order valence-electron chi connectivity index (χ4n) is 1.55. The summed E-state index contributed by atoms with van der Waals surface area (Å²) < 4.78 is 1.78.